The summed E-state index contributed by atoms with van der Waals surface area (Å²) in [4.78, 5) is 11.5. The van der Waals surface area contributed by atoms with Crippen molar-refractivity contribution in [3.8, 4) is 28.3 Å². The average Bonchev–Trinajstić information content (AvgIpc) is 3.38. The molecule has 7 nitrogen and oxygen atoms in total. The molecule has 0 aliphatic rings. The fraction of sp³-hybridized carbons (Fsp3) is 0.296. The number of benzene rings is 2. The minimum atomic E-state index is 0.529. The largest absolute Gasteiger partial charge is 0.492 e. The van der Waals surface area contributed by atoms with Crippen LogP contribution in [0.5, 0.6) is 5.75 Å². The van der Waals surface area contributed by atoms with Gasteiger partial charge in [-0.2, -0.15) is 5.10 Å². The number of likely N-dealkylation sites (N-methyl/N-ethyl adjacent to an activating group) is 1. The third-order valence-electron chi connectivity index (χ3n) is 5.89. The number of H-pyrrole nitrogens is 1. The molecule has 0 unspecified atom stereocenters. The zero-order valence-corrected chi connectivity index (χ0v) is 20.1. The zero-order chi connectivity index (χ0) is 23.8. The standard InChI is InChI=1S/C27H32N6O/c1-4-20-7-9-21(10-8-20)26-24(19-29-32-26)25-15-16-28-27(31-25)30-22-11-13-23(14-12-22)34-18-17-33(5-2)6-3/h7-16,19H,4-6,17-18H2,1-3H3,(H,29,32)(H,28,30,31). The van der Waals surface area contributed by atoms with Crippen LogP contribution in [0.4, 0.5) is 11.6 Å². The maximum atomic E-state index is 5.87. The first kappa shape index (κ1) is 23.4. The number of hydrogen-bond acceptors (Lipinski definition) is 6. The van der Waals surface area contributed by atoms with Crippen molar-refractivity contribution in [2.24, 2.45) is 0 Å². The monoisotopic (exact) mass is 456 g/mol. The number of aryl methyl sites for hydroxylation is 1. The van der Waals surface area contributed by atoms with E-state index in [-0.39, 0.29) is 0 Å². The van der Waals surface area contributed by atoms with Crippen LogP contribution in [-0.4, -0.2) is 51.3 Å². The summed E-state index contributed by atoms with van der Waals surface area (Å²) >= 11 is 0. The summed E-state index contributed by atoms with van der Waals surface area (Å²) in [6.07, 6.45) is 4.64. The molecule has 0 saturated carbocycles. The summed E-state index contributed by atoms with van der Waals surface area (Å²) in [5.41, 5.74) is 5.87. The molecule has 0 fully saturated rings. The summed E-state index contributed by atoms with van der Waals surface area (Å²) in [6, 6.07) is 18.2. The van der Waals surface area contributed by atoms with Crippen molar-refractivity contribution in [2.75, 3.05) is 31.6 Å². The Morgan fingerprint density at radius 1 is 0.941 bits per heavy atom. The molecule has 34 heavy (non-hydrogen) atoms. The summed E-state index contributed by atoms with van der Waals surface area (Å²) < 4.78 is 5.87. The predicted octanol–water partition coefficient (Wildman–Crippen LogP) is 5.56. The highest BCUT2D eigenvalue weighted by Crippen LogP contribution is 2.30. The Kier molecular flexibility index (Phi) is 7.88. The second kappa shape index (κ2) is 11.4. The highest BCUT2D eigenvalue weighted by molar-refractivity contribution is 5.79. The normalized spacial score (nSPS) is 11.1. The van der Waals surface area contributed by atoms with E-state index in [9.17, 15) is 0 Å². The van der Waals surface area contributed by atoms with E-state index in [1.807, 2.05) is 36.5 Å². The van der Waals surface area contributed by atoms with Crippen molar-refractivity contribution < 1.29 is 4.74 Å². The lowest BCUT2D eigenvalue weighted by Crippen LogP contribution is -2.27. The maximum Gasteiger partial charge on any atom is 0.227 e. The highest BCUT2D eigenvalue weighted by Gasteiger charge is 2.13. The quantitative estimate of drug-likeness (QED) is 0.308. The Hall–Kier alpha value is -3.71. The maximum absolute atomic E-state index is 5.87. The minimum Gasteiger partial charge on any atom is -0.492 e. The first-order valence-corrected chi connectivity index (χ1v) is 11.9. The second-order valence-electron chi connectivity index (χ2n) is 7.99. The molecule has 2 heterocycles. The van der Waals surface area contributed by atoms with Crippen molar-refractivity contribution in [3.05, 3.63) is 72.6 Å². The van der Waals surface area contributed by atoms with E-state index in [1.165, 1.54) is 5.56 Å². The Balaban J connectivity index is 1.43. The second-order valence-corrected chi connectivity index (χ2v) is 7.99. The number of aromatic amines is 1. The van der Waals surface area contributed by atoms with Crippen LogP contribution >= 0.6 is 0 Å². The molecule has 0 saturated heterocycles. The van der Waals surface area contributed by atoms with Gasteiger partial charge in [0.25, 0.3) is 0 Å². The molecule has 7 heteroatoms. The van der Waals surface area contributed by atoms with Crippen molar-refractivity contribution in [2.45, 2.75) is 27.2 Å². The summed E-state index contributed by atoms with van der Waals surface area (Å²) in [7, 11) is 0. The van der Waals surface area contributed by atoms with Crippen LogP contribution < -0.4 is 10.1 Å². The number of ether oxygens (including phenoxy) is 1. The smallest absolute Gasteiger partial charge is 0.227 e. The molecule has 0 aliphatic carbocycles. The van der Waals surface area contributed by atoms with Crippen LogP contribution in [0.3, 0.4) is 0 Å². The van der Waals surface area contributed by atoms with Gasteiger partial charge in [0.2, 0.25) is 5.95 Å². The number of hydrogen-bond donors (Lipinski definition) is 2. The molecule has 2 aromatic heterocycles. The van der Waals surface area contributed by atoms with Crippen LogP contribution in [0.2, 0.25) is 0 Å². The topological polar surface area (TPSA) is 79.0 Å². The van der Waals surface area contributed by atoms with Crippen LogP contribution in [0.1, 0.15) is 26.3 Å². The van der Waals surface area contributed by atoms with Crippen LogP contribution in [0.15, 0.2) is 67.0 Å². The van der Waals surface area contributed by atoms with Gasteiger partial charge in [0.1, 0.15) is 18.1 Å². The van der Waals surface area contributed by atoms with Gasteiger partial charge in [0.15, 0.2) is 0 Å². The van der Waals surface area contributed by atoms with E-state index in [0.29, 0.717) is 12.6 Å². The Labute approximate surface area is 201 Å². The lowest BCUT2D eigenvalue weighted by atomic mass is 10.0. The van der Waals surface area contributed by atoms with Crippen LogP contribution in [0, 0.1) is 0 Å². The predicted molar refractivity (Wildman–Crippen MR) is 137 cm³/mol. The number of nitrogens with zero attached hydrogens (tertiary/aromatic N) is 4. The fourth-order valence-electron chi connectivity index (χ4n) is 3.77. The van der Waals surface area contributed by atoms with E-state index in [1.54, 1.807) is 6.20 Å². The molecular formula is C27H32N6O. The molecule has 4 aromatic rings. The first-order chi connectivity index (χ1) is 16.7. The molecule has 176 valence electrons. The van der Waals surface area contributed by atoms with Gasteiger partial charge in [-0.1, -0.05) is 45.0 Å². The highest BCUT2D eigenvalue weighted by atomic mass is 16.5. The molecule has 0 atom stereocenters. The molecule has 2 aromatic carbocycles. The third kappa shape index (κ3) is 5.80. The van der Waals surface area contributed by atoms with Gasteiger partial charge < -0.3 is 15.0 Å². The van der Waals surface area contributed by atoms with Gasteiger partial charge in [0.05, 0.1) is 5.69 Å². The Bertz CT molecular complexity index is 1170. The van der Waals surface area contributed by atoms with Gasteiger partial charge in [0, 0.05) is 35.8 Å². The van der Waals surface area contributed by atoms with E-state index < -0.39 is 0 Å². The first-order valence-electron chi connectivity index (χ1n) is 11.9. The zero-order valence-electron chi connectivity index (χ0n) is 20.1. The van der Waals surface area contributed by atoms with Crippen LogP contribution in [-0.2, 0) is 6.42 Å². The molecule has 0 radical (unpaired) electrons. The van der Waals surface area contributed by atoms with Crippen molar-refractivity contribution in [3.63, 3.8) is 0 Å². The number of rotatable bonds is 11. The van der Waals surface area contributed by atoms with E-state index in [2.05, 4.69) is 70.4 Å². The lowest BCUT2D eigenvalue weighted by Gasteiger charge is -2.18. The van der Waals surface area contributed by atoms with Crippen molar-refractivity contribution in [1.29, 1.82) is 0 Å². The summed E-state index contributed by atoms with van der Waals surface area (Å²) in [5, 5.41) is 10.7. The van der Waals surface area contributed by atoms with E-state index in [4.69, 9.17) is 9.72 Å². The molecule has 4 rings (SSSR count). The number of anilines is 2. The van der Waals surface area contributed by atoms with E-state index >= 15 is 0 Å². The average molecular weight is 457 g/mol. The molecular weight excluding hydrogens is 424 g/mol. The van der Waals surface area contributed by atoms with Gasteiger partial charge in [-0.15, -0.1) is 0 Å². The van der Waals surface area contributed by atoms with Crippen LogP contribution in [0.25, 0.3) is 22.5 Å². The van der Waals surface area contributed by atoms with Gasteiger partial charge >= 0.3 is 0 Å². The molecule has 0 aliphatic heterocycles. The fourth-order valence-corrected chi connectivity index (χ4v) is 3.77. The Morgan fingerprint density at radius 3 is 2.41 bits per heavy atom. The van der Waals surface area contributed by atoms with Gasteiger partial charge in [-0.25, -0.2) is 9.97 Å². The molecule has 0 amide bonds. The lowest BCUT2D eigenvalue weighted by molar-refractivity contribution is 0.223. The molecule has 0 bridgehead atoms. The molecule has 0 spiro atoms. The number of nitrogens with one attached hydrogen (secondary N) is 2. The van der Waals surface area contributed by atoms with Gasteiger partial charge in [-0.05, 0) is 55.4 Å². The van der Waals surface area contributed by atoms with Gasteiger partial charge in [-0.3, -0.25) is 5.10 Å². The van der Waals surface area contributed by atoms with E-state index in [0.717, 1.165) is 60.0 Å². The summed E-state index contributed by atoms with van der Waals surface area (Å²) in [5.74, 6) is 1.38. The SMILES string of the molecule is CCc1ccc(-c2n[nH]cc2-c2ccnc(Nc3ccc(OCCN(CC)CC)cc3)n2)cc1. The number of aromatic nitrogens is 4. The molecule has 2 N–H and O–H groups in total. The third-order valence-corrected chi connectivity index (χ3v) is 5.89. The van der Waals surface area contributed by atoms with Crippen molar-refractivity contribution >= 4 is 11.6 Å². The minimum absolute atomic E-state index is 0.529. The Morgan fingerprint density at radius 2 is 1.71 bits per heavy atom. The van der Waals surface area contributed by atoms with Crippen molar-refractivity contribution in [1.82, 2.24) is 25.1 Å². The summed E-state index contributed by atoms with van der Waals surface area (Å²) in [6.45, 7) is 10.1.